The molecule has 23 heavy (non-hydrogen) atoms. The van der Waals surface area contributed by atoms with Crippen LogP contribution in [0, 0.1) is 0 Å². The average Bonchev–Trinajstić information content (AvgIpc) is 2.89. The quantitative estimate of drug-likeness (QED) is 0.648. The number of aliphatic hydroxyl groups excluding tert-OH is 1. The first-order valence-electron chi connectivity index (χ1n) is 7.09. The Morgan fingerprint density at radius 2 is 1.83 bits per heavy atom. The molecule has 0 saturated heterocycles. The first kappa shape index (κ1) is 18.9. The van der Waals surface area contributed by atoms with Crippen molar-refractivity contribution >= 4 is 34.3 Å². The van der Waals surface area contributed by atoms with Crippen molar-refractivity contribution in [2.75, 3.05) is 25.1 Å². The maximum Gasteiger partial charge on any atom is 0.342 e. The van der Waals surface area contributed by atoms with Crippen LogP contribution in [0.1, 0.15) is 41.5 Å². The molecule has 128 valence electrons. The lowest BCUT2D eigenvalue weighted by Crippen LogP contribution is -2.34. The van der Waals surface area contributed by atoms with Crippen molar-refractivity contribution in [3.63, 3.8) is 0 Å². The van der Waals surface area contributed by atoms with Crippen LogP contribution in [-0.4, -0.2) is 48.9 Å². The molecule has 0 spiro atoms. The molecular weight excluding hydrogens is 324 g/mol. The van der Waals surface area contributed by atoms with Crippen LogP contribution < -0.4 is 10.6 Å². The number of aliphatic hydroxyl groups is 1. The lowest BCUT2D eigenvalue weighted by atomic mass is 10.2. The number of amides is 2. The van der Waals surface area contributed by atoms with E-state index in [-0.39, 0.29) is 35.9 Å². The largest absolute Gasteiger partial charge is 0.462 e. The number of hydrogen-bond acceptors (Lipinski definition) is 7. The summed E-state index contributed by atoms with van der Waals surface area (Å²) in [6.45, 7) is 5.15. The number of thiophene rings is 1. The van der Waals surface area contributed by atoms with E-state index in [4.69, 9.17) is 14.6 Å². The third kappa shape index (κ3) is 5.53. The van der Waals surface area contributed by atoms with Crippen molar-refractivity contribution in [2.24, 2.45) is 0 Å². The van der Waals surface area contributed by atoms with Gasteiger partial charge in [-0.1, -0.05) is 0 Å². The second-order valence-corrected chi connectivity index (χ2v) is 5.36. The summed E-state index contributed by atoms with van der Waals surface area (Å²) >= 11 is 1.01. The van der Waals surface area contributed by atoms with Crippen LogP contribution in [0.15, 0.2) is 5.38 Å². The van der Waals surface area contributed by atoms with Gasteiger partial charge in [0.15, 0.2) is 0 Å². The summed E-state index contributed by atoms with van der Waals surface area (Å²) in [6, 6.07) is -0.603. The van der Waals surface area contributed by atoms with Crippen molar-refractivity contribution < 1.29 is 29.0 Å². The number of urea groups is 1. The van der Waals surface area contributed by atoms with E-state index >= 15 is 0 Å². The van der Waals surface area contributed by atoms with Crippen LogP contribution >= 0.6 is 11.3 Å². The third-order valence-corrected chi connectivity index (χ3v) is 3.45. The van der Waals surface area contributed by atoms with Gasteiger partial charge in [0.05, 0.1) is 24.9 Å². The molecule has 0 aliphatic rings. The van der Waals surface area contributed by atoms with Gasteiger partial charge in [-0.05, 0) is 20.8 Å². The lowest BCUT2D eigenvalue weighted by molar-refractivity contribution is 0.0481. The van der Waals surface area contributed by atoms with E-state index in [1.807, 2.05) is 0 Å². The standard InChI is InChI=1S/C14H20N2O6S/c1-4-21-12(18)9-7-23-11(10(9)13(19)22-5-2)16-14(20)15-6-8(3)17/h7-8,17H,4-6H2,1-3H3,(H2,15,16,20)/t8-/m1/s1. The Bertz CT molecular complexity index is 570. The fourth-order valence-electron chi connectivity index (χ4n) is 1.60. The Kier molecular flexibility index (Phi) is 7.49. The Labute approximate surface area is 137 Å². The molecule has 1 heterocycles. The average molecular weight is 344 g/mol. The zero-order chi connectivity index (χ0) is 17.4. The van der Waals surface area contributed by atoms with Gasteiger partial charge in [-0.3, -0.25) is 5.32 Å². The molecule has 0 bridgehead atoms. The minimum Gasteiger partial charge on any atom is -0.462 e. The zero-order valence-electron chi connectivity index (χ0n) is 13.2. The fraction of sp³-hybridized carbons (Fsp3) is 0.500. The van der Waals surface area contributed by atoms with E-state index in [1.165, 1.54) is 12.3 Å². The smallest absolute Gasteiger partial charge is 0.342 e. The molecule has 3 N–H and O–H groups in total. The number of carbonyl (C=O) groups is 3. The molecule has 1 aromatic heterocycles. The first-order valence-corrected chi connectivity index (χ1v) is 7.97. The molecule has 1 aromatic rings. The Hall–Kier alpha value is -2.13. The van der Waals surface area contributed by atoms with E-state index in [0.717, 1.165) is 11.3 Å². The van der Waals surface area contributed by atoms with Gasteiger partial charge in [0.1, 0.15) is 10.6 Å². The predicted molar refractivity (Wildman–Crippen MR) is 84.9 cm³/mol. The minimum absolute atomic E-state index is 0.0394. The monoisotopic (exact) mass is 344 g/mol. The predicted octanol–water partition coefficient (Wildman–Crippen LogP) is 1.60. The summed E-state index contributed by atoms with van der Waals surface area (Å²) in [5.74, 6) is -1.38. The number of hydrogen-bond donors (Lipinski definition) is 3. The molecule has 0 saturated carbocycles. The summed E-state index contributed by atoms with van der Waals surface area (Å²) in [7, 11) is 0. The van der Waals surface area contributed by atoms with Gasteiger partial charge < -0.3 is 19.9 Å². The molecule has 8 nitrogen and oxygen atoms in total. The number of anilines is 1. The van der Waals surface area contributed by atoms with Gasteiger partial charge in [-0.2, -0.15) is 0 Å². The molecule has 2 amide bonds. The number of carbonyl (C=O) groups excluding carboxylic acids is 3. The highest BCUT2D eigenvalue weighted by Gasteiger charge is 2.26. The zero-order valence-corrected chi connectivity index (χ0v) is 14.0. The van der Waals surface area contributed by atoms with Crippen LogP contribution in [-0.2, 0) is 9.47 Å². The number of nitrogens with one attached hydrogen (secondary N) is 2. The minimum atomic E-state index is -0.720. The number of ether oxygens (including phenoxy) is 2. The Morgan fingerprint density at radius 1 is 1.22 bits per heavy atom. The maximum atomic E-state index is 12.1. The van der Waals surface area contributed by atoms with Gasteiger partial charge in [0.25, 0.3) is 0 Å². The second kappa shape index (κ2) is 9.11. The number of rotatable bonds is 7. The van der Waals surface area contributed by atoms with Gasteiger partial charge in [0.2, 0.25) is 0 Å². The van der Waals surface area contributed by atoms with Gasteiger partial charge in [-0.15, -0.1) is 11.3 Å². The highest BCUT2D eigenvalue weighted by atomic mass is 32.1. The van der Waals surface area contributed by atoms with Crippen molar-refractivity contribution in [3.8, 4) is 0 Å². The summed E-state index contributed by atoms with van der Waals surface area (Å²) < 4.78 is 9.82. The summed E-state index contributed by atoms with van der Waals surface area (Å²) in [5.41, 5.74) is 0.00335. The molecule has 0 aromatic carbocycles. The Balaban J connectivity index is 3.00. The molecule has 0 aliphatic carbocycles. The van der Waals surface area contributed by atoms with E-state index in [2.05, 4.69) is 10.6 Å². The lowest BCUT2D eigenvalue weighted by Gasteiger charge is -2.10. The third-order valence-electron chi connectivity index (χ3n) is 2.55. The molecule has 0 aliphatic heterocycles. The number of esters is 2. The molecule has 1 atom stereocenters. The Morgan fingerprint density at radius 3 is 2.39 bits per heavy atom. The fourth-order valence-corrected chi connectivity index (χ4v) is 2.52. The highest BCUT2D eigenvalue weighted by Crippen LogP contribution is 2.29. The molecule has 0 radical (unpaired) electrons. The van der Waals surface area contributed by atoms with Crippen LogP contribution in [0.3, 0.4) is 0 Å². The summed E-state index contributed by atoms with van der Waals surface area (Å²) in [5, 5.41) is 15.6. The topological polar surface area (TPSA) is 114 Å². The van der Waals surface area contributed by atoms with Crippen LogP contribution in [0.2, 0.25) is 0 Å². The van der Waals surface area contributed by atoms with Crippen molar-refractivity contribution in [1.29, 1.82) is 0 Å². The van der Waals surface area contributed by atoms with E-state index in [1.54, 1.807) is 13.8 Å². The van der Waals surface area contributed by atoms with E-state index in [0.29, 0.717) is 0 Å². The van der Waals surface area contributed by atoms with Gasteiger partial charge in [-0.25, -0.2) is 14.4 Å². The first-order chi connectivity index (χ1) is 10.9. The highest BCUT2D eigenvalue weighted by molar-refractivity contribution is 7.15. The normalized spacial score (nSPS) is 11.5. The van der Waals surface area contributed by atoms with Gasteiger partial charge in [0, 0.05) is 11.9 Å². The maximum absolute atomic E-state index is 12.1. The van der Waals surface area contributed by atoms with Crippen LogP contribution in [0.25, 0.3) is 0 Å². The van der Waals surface area contributed by atoms with Crippen molar-refractivity contribution in [2.45, 2.75) is 26.9 Å². The molecule has 9 heteroatoms. The summed E-state index contributed by atoms with van der Waals surface area (Å²) in [4.78, 5) is 35.7. The van der Waals surface area contributed by atoms with E-state index in [9.17, 15) is 14.4 Å². The van der Waals surface area contributed by atoms with Crippen molar-refractivity contribution in [1.82, 2.24) is 5.32 Å². The SMILES string of the molecule is CCOC(=O)c1csc(NC(=O)NC[C@@H](C)O)c1C(=O)OCC. The second-order valence-electron chi connectivity index (χ2n) is 4.48. The van der Waals surface area contributed by atoms with Crippen molar-refractivity contribution in [3.05, 3.63) is 16.5 Å². The van der Waals surface area contributed by atoms with Crippen LogP contribution in [0.4, 0.5) is 9.80 Å². The van der Waals surface area contributed by atoms with Gasteiger partial charge >= 0.3 is 18.0 Å². The summed E-state index contributed by atoms with van der Waals surface area (Å²) in [6.07, 6.45) is -0.705. The van der Waals surface area contributed by atoms with E-state index < -0.39 is 24.1 Å². The van der Waals surface area contributed by atoms with Crippen LogP contribution in [0.5, 0.6) is 0 Å². The molecule has 0 unspecified atom stereocenters. The molecule has 0 fully saturated rings. The molecule has 1 rings (SSSR count). The molecular formula is C14H20N2O6S.